The molecule has 33 heavy (non-hydrogen) atoms. The van der Waals surface area contributed by atoms with Crippen LogP contribution in [-0.2, 0) is 23.4 Å². The van der Waals surface area contributed by atoms with Gasteiger partial charge in [0.25, 0.3) is 0 Å². The molecule has 0 bridgehead atoms. The van der Waals surface area contributed by atoms with Crippen molar-refractivity contribution < 1.29 is 9.53 Å². The summed E-state index contributed by atoms with van der Waals surface area (Å²) in [6.07, 6.45) is 3.81. The smallest absolute Gasteiger partial charge is 0.358 e. The average molecular weight is 436 g/mol. The van der Waals surface area contributed by atoms with Crippen LogP contribution in [0.25, 0.3) is 21.8 Å². The van der Waals surface area contributed by atoms with Gasteiger partial charge in [-0.05, 0) is 39.0 Å². The van der Waals surface area contributed by atoms with Crippen LogP contribution in [0.3, 0.4) is 0 Å². The predicted octanol–water partition coefficient (Wildman–Crippen LogP) is 5.80. The second-order valence-electron chi connectivity index (χ2n) is 8.54. The van der Waals surface area contributed by atoms with Gasteiger partial charge in [-0.2, -0.15) is 0 Å². The Morgan fingerprint density at radius 3 is 2.36 bits per heavy atom. The first-order valence-corrected chi connectivity index (χ1v) is 11.5. The molecule has 0 N–H and O–H groups in total. The number of carbonyl (C=O) groups is 1. The van der Waals surface area contributed by atoms with E-state index in [0.717, 1.165) is 57.3 Å². The lowest BCUT2D eigenvalue weighted by Crippen LogP contribution is -2.30. The highest BCUT2D eigenvalue weighted by molar-refractivity contribution is 5.99. The maximum atomic E-state index is 13.3. The van der Waals surface area contributed by atoms with E-state index < -0.39 is 5.60 Å². The SMILES string of the molecule is CCn1cc(C2(c3c(C)n(CC)c4ccccc34)OC(=O)c3ncccc32)c2ccccc21. The van der Waals surface area contributed by atoms with Crippen LogP contribution in [0, 0.1) is 6.92 Å². The average Bonchev–Trinajstić information content (AvgIpc) is 3.47. The molecule has 0 saturated carbocycles. The number of hydrogen-bond donors (Lipinski definition) is 0. The van der Waals surface area contributed by atoms with E-state index in [1.165, 1.54) is 0 Å². The normalized spacial score (nSPS) is 17.6. The maximum Gasteiger partial charge on any atom is 0.358 e. The zero-order valence-corrected chi connectivity index (χ0v) is 19.0. The van der Waals surface area contributed by atoms with Crippen LogP contribution < -0.4 is 0 Å². The van der Waals surface area contributed by atoms with Crippen LogP contribution in [0.1, 0.15) is 46.7 Å². The van der Waals surface area contributed by atoms with Gasteiger partial charge in [-0.25, -0.2) is 9.78 Å². The molecule has 3 aromatic heterocycles. The Morgan fingerprint density at radius 2 is 1.61 bits per heavy atom. The number of aromatic nitrogens is 3. The van der Waals surface area contributed by atoms with Gasteiger partial charge in [-0.3, -0.25) is 0 Å². The third-order valence-electron chi connectivity index (χ3n) is 7.03. The first-order chi connectivity index (χ1) is 16.1. The number of cyclic esters (lactones) is 1. The minimum Gasteiger partial charge on any atom is -0.439 e. The number of esters is 1. The lowest BCUT2D eigenvalue weighted by Gasteiger charge is -2.30. The number of pyridine rings is 1. The lowest BCUT2D eigenvalue weighted by molar-refractivity contribution is 0.0254. The maximum absolute atomic E-state index is 13.3. The number of para-hydroxylation sites is 2. The Kier molecular flexibility index (Phi) is 4.24. The summed E-state index contributed by atoms with van der Waals surface area (Å²) < 4.78 is 11.0. The molecule has 4 heterocycles. The summed E-state index contributed by atoms with van der Waals surface area (Å²) in [4.78, 5) is 17.7. The number of carbonyl (C=O) groups excluding carboxylic acids is 1. The Balaban J connectivity index is 1.83. The number of rotatable bonds is 4. The van der Waals surface area contributed by atoms with E-state index >= 15 is 0 Å². The van der Waals surface area contributed by atoms with E-state index in [1.807, 2.05) is 18.2 Å². The minimum atomic E-state index is -1.08. The molecular formula is C28H25N3O2. The molecule has 5 nitrogen and oxygen atoms in total. The molecule has 0 fully saturated rings. The summed E-state index contributed by atoms with van der Waals surface area (Å²) in [5.74, 6) is -0.383. The van der Waals surface area contributed by atoms with Crippen molar-refractivity contribution >= 4 is 27.8 Å². The fourth-order valence-electron chi connectivity index (χ4n) is 5.69. The standard InChI is InChI=1S/C28H25N3O2/c1-4-30-17-22(19-11-6-8-14-23(19)30)28(21-13-10-16-29-26(21)27(32)33-28)25-18(3)31(5-2)24-15-9-7-12-20(24)25/h6-17H,4-5H2,1-3H3. The van der Waals surface area contributed by atoms with Gasteiger partial charge in [0.1, 0.15) is 0 Å². The van der Waals surface area contributed by atoms with Crippen molar-refractivity contribution in [1.29, 1.82) is 0 Å². The Hall–Kier alpha value is -3.86. The fourth-order valence-corrected chi connectivity index (χ4v) is 5.69. The molecule has 0 saturated heterocycles. The zero-order valence-electron chi connectivity index (χ0n) is 19.0. The molecule has 1 aliphatic heterocycles. The largest absolute Gasteiger partial charge is 0.439 e. The zero-order chi connectivity index (χ0) is 22.7. The summed E-state index contributed by atoms with van der Waals surface area (Å²) in [6, 6.07) is 20.6. The van der Waals surface area contributed by atoms with Crippen molar-refractivity contribution in [2.45, 2.75) is 39.5 Å². The summed E-state index contributed by atoms with van der Waals surface area (Å²) in [5.41, 5.74) is 5.46. The molecule has 1 atom stereocenters. The quantitative estimate of drug-likeness (QED) is 0.335. The lowest BCUT2D eigenvalue weighted by atomic mass is 9.79. The number of fused-ring (bicyclic) bond motifs is 3. The first-order valence-electron chi connectivity index (χ1n) is 11.5. The predicted molar refractivity (Wildman–Crippen MR) is 129 cm³/mol. The van der Waals surface area contributed by atoms with Crippen molar-refractivity contribution in [2.75, 3.05) is 0 Å². The van der Waals surface area contributed by atoms with Gasteiger partial charge < -0.3 is 13.9 Å². The van der Waals surface area contributed by atoms with E-state index in [0.29, 0.717) is 5.69 Å². The molecule has 5 heteroatoms. The first kappa shape index (κ1) is 19.8. The third-order valence-corrected chi connectivity index (χ3v) is 7.03. The minimum absolute atomic E-state index is 0.383. The fraction of sp³-hybridized carbons (Fsp3) is 0.214. The monoisotopic (exact) mass is 435 g/mol. The van der Waals surface area contributed by atoms with Crippen molar-refractivity contribution in [3.05, 3.63) is 101 Å². The molecular weight excluding hydrogens is 410 g/mol. The van der Waals surface area contributed by atoms with Crippen LogP contribution in [-0.4, -0.2) is 20.1 Å². The molecule has 0 aliphatic carbocycles. The summed E-state index contributed by atoms with van der Waals surface area (Å²) in [6.45, 7) is 8.05. The molecule has 164 valence electrons. The Labute approximate surface area is 192 Å². The van der Waals surface area contributed by atoms with Gasteiger partial charge in [-0.1, -0.05) is 42.5 Å². The summed E-state index contributed by atoms with van der Waals surface area (Å²) in [5, 5.41) is 2.17. The molecule has 0 radical (unpaired) electrons. The van der Waals surface area contributed by atoms with Crippen LogP contribution in [0.2, 0.25) is 0 Å². The third kappa shape index (κ3) is 2.48. The van der Waals surface area contributed by atoms with Gasteiger partial charge in [0.2, 0.25) is 0 Å². The van der Waals surface area contributed by atoms with Crippen molar-refractivity contribution in [2.24, 2.45) is 0 Å². The molecule has 1 aliphatic rings. The van der Waals surface area contributed by atoms with Gasteiger partial charge in [-0.15, -0.1) is 0 Å². The molecule has 1 unspecified atom stereocenters. The van der Waals surface area contributed by atoms with Crippen LogP contribution in [0.5, 0.6) is 0 Å². The van der Waals surface area contributed by atoms with Gasteiger partial charge in [0.15, 0.2) is 11.3 Å². The number of benzene rings is 2. The van der Waals surface area contributed by atoms with Crippen molar-refractivity contribution in [1.82, 2.24) is 14.1 Å². The Bertz CT molecular complexity index is 1560. The highest BCUT2D eigenvalue weighted by atomic mass is 16.6. The van der Waals surface area contributed by atoms with Gasteiger partial charge in [0, 0.05) is 69.7 Å². The second-order valence-corrected chi connectivity index (χ2v) is 8.54. The number of ether oxygens (including phenoxy) is 1. The van der Waals surface area contributed by atoms with E-state index in [9.17, 15) is 4.79 Å². The number of aryl methyl sites for hydroxylation is 2. The highest BCUT2D eigenvalue weighted by Crippen LogP contribution is 2.52. The molecule has 2 aromatic carbocycles. The van der Waals surface area contributed by atoms with Crippen LogP contribution in [0.4, 0.5) is 0 Å². The second kappa shape index (κ2) is 7.07. The van der Waals surface area contributed by atoms with Crippen LogP contribution >= 0.6 is 0 Å². The van der Waals surface area contributed by atoms with Crippen molar-refractivity contribution in [3.63, 3.8) is 0 Å². The molecule has 0 amide bonds. The molecule has 5 aromatic rings. The van der Waals surface area contributed by atoms with Gasteiger partial charge in [0.05, 0.1) is 0 Å². The molecule has 0 spiro atoms. The number of nitrogens with zero attached hydrogens (tertiary/aromatic N) is 3. The van der Waals surface area contributed by atoms with Gasteiger partial charge >= 0.3 is 5.97 Å². The summed E-state index contributed by atoms with van der Waals surface area (Å²) >= 11 is 0. The topological polar surface area (TPSA) is 49.0 Å². The summed E-state index contributed by atoms with van der Waals surface area (Å²) in [7, 11) is 0. The number of hydrogen-bond acceptors (Lipinski definition) is 3. The molecule has 6 rings (SSSR count). The van der Waals surface area contributed by atoms with E-state index in [-0.39, 0.29) is 5.97 Å². The highest BCUT2D eigenvalue weighted by Gasteiger charge is 2.53. The Morgan fingerprint density at radius 1 is 0.879 bits per heavy atom. The van der Waals surface area contributed by atoms with Crippen LogP contribution in [0.15, 0.2) is 73.1 Å². The van der Waals surface area contributed by atoms with E-state index in [1.54, 1.807) is 6.20 Å². The van der Waals surface area contributed by atoms with E-state index in [4.69, 9.17) is 4.74 Å². The van der Waals surface area contributed by atoms with Crippen molar-refractivity contribution in [3.8, 4) is 0 Å². The van der Waals surface area contributed by atoms with E-state index in [2.05, 4.69) is 83.6 Å².